The number of fused-ring (bicyclic) bond motifs is 1. The first kappa shape index (κ1) is 9.67. The summed E-state index contributed by atoms with van der Waals surface area (Å²) in [6.07, 6.45) is 5.42. The van der Waals surface area contributed by atoms with Crippen molar-refractivity contribution in [2.45, 2.75) is 19.6 Å². The molecule has 0 spiro atoms. The zero-order chi connectivity index (χ0) is 10.3. The molecule has 0 saturated carbocycles. The van der Waals surface area contributed by atoms with E-state index in [4.69, 9.17) is 11.6 Å². The highest BCUT2D eigenvalue weighted by Gasteiger charge is 2.20. The Labute approximate surface area is 88.8 Å². The fraction of sp³-hybridized carbons (Fsp3) is 0.333. The van der Waals surface area contributed by atoms with Crippen molar-refractivity contribution in [1.82, 2.24) is 14.4 Å². The van der Waals surface area contributed by atoms with Gasteiger partial charge in [-0.3, -0.25) is 0 Å². The third-order valence-corrected chi connectivity index (χ3v) is 4.38. The van der Waals surface area contributed by atoms with Gasteiger partial charge < -0.3 is 4.40 Å². The predicted octanol–water partition coefficient (Wildman–Crippen LogP) is 1.93. The minimum absolute atomic E-state index is 0.518. The van der Waals surface area contributed by atoms with E-state index in [0.29, 0.717) is 5.15 Å². The van der Waals surface area contributed by atoms with Gasteiger partial charge in [0, 0.05) is 11.5 Å². The number of hydrogen-bond acceptors (Lipinski definition) is 2. The Bertz CT molecular complexity index is 472. The fourth-order valence-corrected chi connectivity index (χ4v) is 2.98. The highest BCUT2D eigenvalue weighted by Crippen LogP contribution is 2.13. The molecule has 0 fully saturated rings. The number of halogens is 1. The molecule has 0 aliphatic carbocycles. The summed E-state index contributed by atoms with van der Waals surface area (Å²) in [5.41, 5.74) is 0.895. The average molecular weight is 226 g/mol. The molecule has 0 aromatic carbocycles. The zero-order valence-corrected chi connectivity index (χ0v) is 10.2. The van der Waals surface area contributed by atoms with Crippen LogP contribution in [-0.2, 0) is 0 Å². The lowest BCUT2D eigenvalue weighted by Crippen LogP contribution is -2.42. The SMILES string of the molecule is C[Si](C)(C)c1cnc(Cl)c2cncn12. The van der Waals surface area contributed by atoms with Crippen LogP contribution in [0.4, 0.5) is 0 Å². The van der Waals surface area contributed by atoms with Crippen LogP contribution in [0.15, 0.2) is 18.7 Å². The lowest BCUT2D eigenvalue weighted by atomic mass is 10.6. The molecule has 0 N–H and O–H groups in total. The van der Waals surface area contributed by atoms with Crippen molar-refractivity contribution in [3.05, 3.63) is 23.9 Å². The van der Waals surface area contributed by atoms with Crippen LogP contribution in [-0.4, -0.2) is 22.4 Å². The molecule has 0 saturated heterocycles. The van der Waals surface area contributed by atoms with Crippen molar-refractivity contribution in [2.75, 3.05) is 0 Å². The summed E-state index contributed by atoms with van der Waals surface area (Å²) in [6.45, 7) is 6.83. The van der Waals surface area contributed by atoms with Gasteiger partial charge in [-0.25, -0.2) is 9.97 Å². The average Bonchev–Trinajstić information content (AvgIpc) is 2.50. The predicted molar refractivity (Wildman–Crippen MR) is 61.0 cm³/mol. The van der Waals surface area contributed by atoms with Gasteiger partial charge in [0.05, 0.1) is 12.5 Å². The fourth-order valence-electron chi connectivity index (χ4n) is 1.44. The second kappa shape index (κ2) is 3.07. The smallest absolute Gasteiger partial charge is 0.154 e. The molecule has 0 radical (unpaired) electrons. The van der Waals surface area contributed by atoms with E-state index in [2.05, 4.69) is 29.6 Å². The van der Waals surface area contributed by atoms with Crippen molar-refractivity contribution in [3.63, 3.8) is 0 Å². The van der Waals surface area contributed by atoms with Crippen molar-refractivity contribution in [3.8, 4) is 0 Å². The normalized spacial score (nSPS) is 12.3. The van der Waals surface area contributed by atoms with Gasteiger partial charge in [-0.2, -0.15) is 0 Å². The first-order chi connectivity index (χ1) is 6.50. The van der Waals surface area contributed by atoms with Crippen LogP contribution in [0.5, 0.6) is 0 Å². The van der Waals surface area contributed by atoms with Crippen LogP contribution in [0.3, 0.4) is 0 Å². The number of rotatable bonds is 1. The zero-order valence-electron chi connectivity index (χ0n) is 8.45. The highest BCUT2D eigenvalue weighted by atomic mass is 35.5. The summed E-state index contributed by atoms with van der Waals surface area (Å²) in [5, 5.41) is 1.76. The summed E-state index contributed by atoms with van der Waals surface area (Å²) < 4.78 is 2.04. The van der Waals surface area contributed by atoms with E-state index < -0.39 is 8.07 Å². The Balaban J connectivity index is 2.80. The van der Waals surface area contributed by atoms with Gasteiger partial charge >= 0.3 is 0 Å². The van der Waals surface area contributed by atoms with E-state index in [-0.39, 0.29) is 0 Å². The van der Waals surface area contributed by atoms with Gasteiger partial charge in [0.15, 0.2) is 5.15 Å². The van der Waals surface area contributed by atoms with E-state index >= 15 is 0 Å². The van der Waals surface area contributed by atoms with Gasteiger partial charge in [0.2, 0.25) is 0 Å². The van der Waals surface area contributed by atoms with Crippen LogP contribution in [0, 0.1) is 0 Å². The van der Waals surface area contributed by atoms with Crippen molar-refractivity contribution >= 4 is 30.5 Å². The first-order valence-electron chi connectivity index (χ1n) is 4.47. The van der Waals surface area contributed by atoms with E-state index in [1.807, 2.05) is 10.6 Å². The molecule has 2 rings (SSSR count). The monoisotopic (exact) mass is 225 g/mol. The van der Waals surface area contributed by atoms with Gasteiger partial charge in [0.1, 0.15) is 13.6 Å². The largest absolute Gasteiger partial charge is 0.303 e. The lowest BCUT2D eigenvalue weighted by Gasteiger charge is -2.17. The third-order valence-electron chi connectivity index (χ3n) is 2.18. The minimum Gasteiger partial charge on any atom is -0.303 e. The van der Waals surface area contributed by atoms with Gasteiger partial charge in [0.25, 0.3) is 0 Å². The molecule has 3 nitrogen and oxygen atoms in total. The highest BCUT2D eigenvalue weighted by molar-refractivity contribution is 6.88. The molecule has 0 bridgehead atoms. The van der Waals surface area contributed by atoms with Crippen LogP contribution >= 0.6 is 11.6 Å². The quantitative estimate of drug-likeness (QED) is 0.695. The van der Waals surface area contributed by atoms with E-state index in [9.17, 15) is 0 Å². The third kappa shape index (κ3) is 1.44. The molecule has 2 aromatic heterocycles. The molecule has 0 aliphatic heterocycles. The molecule has 5 heteroatoms. The number of aromatic nitrogens is 3. The molecule has 0 unspecified atom stereocenters. The lowest BCUT2D eigenvalue weighted by molar-refractivity contribution is 1.15. The topological polar surface area (TPSA) is 30.2 Å². The van der Waals surface area contributed by atoms with E-state index in [0.717, 1.165) is 5.52 Å². The van der Waals surface area contributed by atoms with Crippen LogP contribution < -0.4 is 5.32 Å². The standard InChI is InChI=1S/C9H12ClN3Si/c1-14(2,3)8-5-12-9(10)7-4-11-6-13(7)8/h4-6H,1-3H3. The first-order valence-corrected chi connectivity index (χ1v) is 8.35. The van der Waals surface area contributed by atoms with Crippen molar-refractivity contribution in [2.24, 2.45) is 0 Å². The Kier molecular flexibility index (Phi) is 2.12. The molecule has 14 heavy (non-hydrogen) atoms. The molecular weight excluding hydrogens is 214 g/mol. The second-order valence-corrected chi connectivity index (χ2v) is 9.70. The van der Waals surface area contributed by atoms with Crippen LogP contribution in [0.1, 0.15) is 0 Å². The Morgan fingerprint density at radius 3 is 2.64 bits per heavy atom. The van der Waals surface area contributed by atoms with E-state index in [1.165, 1.54) is 5.32 Å². The van der Waals surface area contributed by atoms with Gasteiger partial charge in [-0.15, -0.1) is 0 Å². The summed E-state index contributed by atoms with van der Waals surface area (Å²) >= 11 is 5.96. The summed E-state index contributed by atoms with van der Waals surface area (Å²) in [4.78, 5) is 8.28. The van der Waals surface area contributed by atoms with E-state index in [1.54, 1.807) is 12.5 Å². The molecule has 2 aromatic rings. The maximum Gasteiger partial charge on any atom is 0.154 e. The summed E-state index contributed by atoms with van der Waals surface area (Å²) in [6, 6.07) is 0. The Morgan fingerprint density at radius 2 is 2.00 bits per heavy atom. The number of imidazole rings is 1. The molecule has 0 aliphatic rings. The minimum atomic E-state index is -1.38. The number of hydrogen-bond donors (Lipinski definition) is 0. The Hall–Kier alpha value is -0.873. The van der Waals surface area contributed by atoms with Crippen molar-refractivity contribution in [1.29, 1.82) is 0 Å². The van der Waals surface area contributed by atoms with Crippen molar-refractivity contribution < 1.29 is 0 Å². The molecular formula is C9H12ClN3Si. The molecule has 74 valence electrons. The Morgan fingerprint density at radius 1 is 1.29 bits per heavy atom. The van der Waals surface area contributed by atoms with Gasteiger partial charge in [-0.05, 0) is 0 Å². The number of nitrogens with zero attached hydrogens (tertiary/aromatic N) is 3. The van der Waals surface area contributed by atoms with Gasteiger partial charge in [-0.1, -0.05) is 31.2 Å². The summed E-state index contributed by atoms with van der Waals surface area (Å²) in [5.74, 6) is 0. The molecule has 0 atom stereocenters. The van der Waals surface area contributed by atoms with Crippen LogP contribution in [0.25, 0.3) is 5.52 Å². The maximum absolute atomic E-state index is 5.96. The molecule has 0 amide bonds. The second-order valence-electron chi connectivity index (χ2n) is 4.33. The van der Waals surface area contributed by atoms with Crippen LogP contribution in [0.2, 0.25) is 24.8 Å². The molecule has 2 heterocycles. The maximum atomic E-state index is 5.96. The summed E-state index contributed by atoms with van der Waals surface area (Å²) in [7, 11) is -1.38.